The first-order valence-corrected chi connectivity index (χ1v) is 6.45. The van der Waals surface area contributed by atoms with E-state index in [4.69, 9.17) is 4.98 Å². The molecular weight excluding hydrogens is 208 g/mol. The van der Waals surface area contributed by atoms with Gasteiger partial charge in [0.25, 0.3) is 0 Å². The van der Waals surface area contributed by atoms with E-state index in [1.165, 1.54) is 22.8 Å². The smallest absolute Gasteiger partial charge is 0.109 e. The number of benzene rings is 1. The maximum absolute atomic E-state index is 4.76. The molecule has 2 nitrogen and oxygen atoms in total. The Labute approximate surface area is 103 Å². The van der Waals surface area contributed by atoms with Crippen LogP contribution in [-0.2, 0) is 19.4 Å². The van der Waals surface area contributed by atoms with Crippen LogP contribution in [0, 0.1) is 0 Å². The summed E-state index contributed by atoms with van der Waals surface area (Å²) in [6, 6.07) is 10.6. The van der Waals surface area contributed by atoms with Crippen LogP contribution in [0.4, 0.5) is 0 Å². The third-order valence-corrected chi connectivity index (χ3v) is 3.13. The molecule has 1 aromatic heterocycles. The zero-order chi connectivity index (χ0) is 12.3. The summed E-state index contributed by atoms with van der Waals surface area (Å²) in [5.74, 6) is 1.20. The highest BCUT2D eigenvalue weighted by Gasteiger charge is 2.14. The number of imidazole rings is 1. The van der Waals surface area contributed by atoms with Crippen LogP contribution < -0.4 is 0 Å². The molecule has 0 amide bonds. The monoisotopic (exact) mass is 228 g/mol. The molecule has 2 heteroatoms. The lowest BCUT2D eigenvalue weighted by molar-refractivity contribution is 0.711. The molecule has 0 saturated carbocycles. The first-order valence-electron chi connectivity index (χ1n) is 6.45. The van der Waals surface area contributed by atoms with Crippen molar-refractivity contribution in [2.24, 2.45) is 0 Å². The molecule has 2 rings (SSSR count). The molecule has 1 heterocycles. The topological polar surface area (TPSA) is 17.8 Å². The van der Waals surface area contributed by atoms with Gasteiger partial charge < -0.3 is 4.57 Å². The zero-order valence-corrected chi connectivity index (χ0v) is 10.9. The number of aromatic nitrogens is 2. The van der Waals surface area contributed by atoms with Crippen LogP contribution in [0.25, 0.3) is 11.3 Å². The van der Waals surface area contributed by atoms with Crippen LogP contribution in [-0.4, -0.2) is 9.55 Å². The van der Waals surface area contributed by atoms with E-state index >= 15 is 0 Å². The first-order chi connectivity index (χ1) is 8.31. The van der Waals surface area contributed by atoms with E-state index in [1.54, 1.807) is 0 Å². The molecule has 0 radical (unpaired) electrons. The Hall–Kier alpha value is -1.57. The van der Waals surface area contributed by atoms with E-state index in [-0.39, 0.29) is 0 Å². The molecule has 0 N–H and O–H groups in total. The van der Waals surface area contributed by atoms with E-state index in [0.717, 1.165) is 19.4 Å². The second kappa shape index (κ2) is 5.17. The molecular formula is C15H20N2. The van der Waals surface area contributed by atoms with Crippen LogP contribution >= 0.6 is 0 Å². The maximum Gasteiger partial charge on any atom is 0.109 e. The Balaban J connectivity index is 2.62. The normalized spacial score (nSPS) is 10.8. The molecule has 90 valence electrons. The van der Waals surface area contributed by atoms with Gasteiger partial charge in [-0.1, -0.05) is 44.2 Å². The van der Waals surface area contributed by atoms with Crippen molar-refractivity contribution in [3.63, 3.8) is 0 Å². The summed E-state index contributed by atoms with van der Waals surface area (Å²) in [5, 5.41) is 0. The lowest BCUT2D eigenvalue weighted by Crippen LogP contribution is -2.02. The predicted octanol–water partition coefficient (Wildman–Crippen LogP) is 3.69. The molecule has 0 atom stereocenters. The van der Waals surface area contributed by atoms with Crippen molar-refractivity contribution in [2.75, 3.05) is 0 Å². The van der Waals surface area contributed by atoms with E-state index in [1.807, 2.05) is 0 Å². The Morgan fingerprint density at radius 1 is 1.00 bits per heavy atom. The van der Waals surface area contributed by atoms with Gasteiger partial charge in [-0.2, -0.15) is 0 Å². The lowest BCUT2D eigenvalue weighted by atomic mass is 10.1. The quantitative estimate of drug-likeness (QED) is 0.780. The van der Waals surface area contributed by atoms with Gasteiger partial charge in [0.05, 0.1) is 11.4 Å². The largest absolute Gasteiger partial charge is 0.328 e. The molecule has 0 aliphatic heterocycles. The summed E-state index contributed by atoms with van der Waals surface area (Å²) in [4.78, 5) is 4.76. The molecule has 0 saturated heterocycles. The van der Waals surface area contributed by atoms with Crippen LogP contribution in [0.1, 0.15) is 32.3 Å². The number of rotatable bonds is 4. The summed E-state index contributed by atoms with van der Waals surface area (Å²) >= 11 is 0. The van der Waals surface area contributed by atoms with Gasteiger partial charge in [-0.15, -0.1) is 0 Å². The lowest BCUT2D eigenvalue weighted by Gasteiger charge is -2.09. The summed E-state index contributed by atoms with van der Waals surface area (Å²) in [6.07, 6.45) is 1.98. The molecule has 0 aliphatic carbocycles. The van der Waals surface area contributed by atoms with E-state index in [0.29, 0.717) is 0 Å². The third kappa shape index (κ3) is 2.12. The zero-order valence-electron chi connectivity index (χ0n) is 10.9. The van der Waals surface area contributed by atoms with Crippen molar-refractivity contribution < 1.29 is 0 Å². The van der Waals surface area contributed by atoms with Gasteiger partial charge in [0.15, 0.2) is 0 Å². The Kier molecular flexibility index (Phi) is 3.62. The maximum atomic E-state index is 4.76. The summed E-state index contributed by atoms with van der Waals surface area (Å²) in [7, 11) is 0. The van der Waals surface area contributed by atoms with Gasteiger partial charge >= 0.3 is 0 Å². The molecule has 17 heavy (non-hydrogen) atoms. The van der Waals surface area contributed by atoms with Crippen molar-refractivity contribution in [3.05, 3.63) is 41.9 Å². The minimum Gasteiger partial charge on any atom is -0.328 e. The van der Waals surface area contributed by atoms with Gasteiger partial charge in [0.1, 0.15) is 5.82 Å². The first kappa shape index (κ1) is 11.9. The minimum atomic E-state index is 0.987. The highest BCUT2D eigenvalue weighted by Crippen LogP contribution is 2.25. The fourth-order valence-corrected chi connectivity index (χ4v) is 2.33. The van der Waals surface area contributed by atoms with Crippen LogP contribution in [0.5, 0.6) is 0 Å². The fourth-order valence-electron chi connectivity index (χ4n) is 2.33. The second-order valence-electron chi connectivity index (χ2n) is 4.14. The van der Waals surface area contributed by atoms with Gasteiger partial charge in [0.2, 0.25) is 0 Å². The van der Waals surface area contributed by atoms with Gasteiger partial charge in [-0.3, -0.25) is 0 Å². The van der Waals surface area contributed by atoms with Gasteiger partial charge in [0, 0.05) is 18.5 Å². The molecule has 0 spiro atoms. The van der Waals surface area contributed by atoms with E-state index in [2.05, 4.69) is 55.7 Å². The molecule has 0 unspecified atom stereocenters. The predicted molar refractivity (Wildman–Crippen MR) is 72.1 cm³/mol. The Morgan fingerprint density at radius 2 is 1.71 bits per heavy atom. The Morgan fingerprint density at radius 3 is 2.24 bits per heavy atom. The number of hydrogen-bond acceptors (Lipinski definition) is 1. The fraction of sp³-hybridized carbons (Fsp3) is 0.400. The van der Waals surface area contributed by atoms with Crippen LogP contribution in [0.3, 0.4) is 0 Å². The molecule has 0 aliphatic rings. The summed E-state index contributed by atoms with van der Waals surface area (Å²) in [6.45, 7) is 7.52. The Bertz CT molecular complexity index is 483. The summed E-state index contributed by atoms with van der Waals surface area (Å²) in [5.41, 5.74) is 3.79. The number of hydrogen-bond donors (Lipinski definition) is 0. The number of aryl methyl sites for hydroxylation is 2. The highest BCUT2D eigenvalue weighted by molar-refractivity contribution is 5.63. The summed E-state index contributed by atoms with van der Waals surface area (Å²) < 4.78 is 2.34. The van der Waals surface area contributed by atoms with Crippen molar-refractivity contribution in [3.8, 4) is 11.3 Å². The number of nitrogens with zero attached hydrogens (tertiary/aromatic N) is 2. The van der Waals surface area contributed by atoms with Gasteiger partial charge in [-0.25, -0.2) is 4.98 Å². The van der Waals surface area contributed by atoms with E-state index < -0.39 is 0 Å². The third-order valence-electron chi connectivity index (χ3n) is 3.13. The molecule has 0 fully saturated rings. The molecule has 0 bridgehead atoms. The van der Waals surface area contributed by atoms with Crippen LogP contribution in [0.15, 0.2) is 30.3 Å². The average Bonchev–Trinajstić information content (AvgIpc) is 2.77. The van der Waals surface area contributed by atoms with Gasteiger partial charge in [-0.05, 0) is 13.3 Å². The SMILES string of the molecule is CCc1nc(CC)n(CC)c1-c1ccccc1. The standard InChI is InChI=1S/C15H20N2/c1-4-13-15(12-10-8-7-9-11-12)17(6-3)14(5-2)16-13/h7-11H,4-6H2,1-3H3. The second-order valence-corrected chi connectivity index (χ2v) is 4.14. The highest BCUT2D eigenvalue weighted by atomic mass is 15.1. The van der Waals surface area contributed by atoms with Crippen molar-refractivity contribution >= 4 is 0 Å². The van der Waals surface area contributed by atoms with Crippen molar-refractivity contribution in [2.45, 2.75) is 40.2 Å². The van der Waals surface area contributed by atoms with Crippen molar-refractivity contribution in [1.29, 1.82) is 0 Å². The van der Waals surface area contributed by atoms with E-state index in [9.17, 15) is 0 Å². The molecule has 2 aromatic rings. The average molecular weight is 228 g/mol. The minimum absolute atomic E-state index is 0.987. The molecule has 1 aromatic carbocycles. The van der Waals surface area contributed by atoms with Crippen molar-refractivity contribution in [1.82, 2.24) is 9.55 Å². The van der Waals surface area contributed by atoms with Crippen LogP contribution in [0.2, 0.25) is 0 Å².